The Morgan fingerprint density at radius 3 is 1.91 bits per heavy atom. The Balaban J connectivity index is 2.61. The van der Waals surface area contributed by atoms with Crippen LogP contribution in [0, 0.1) is 17.3 Å². The van der Waals surface area contributed by atoms with Gasteiger partial charge >= 0.3 is 0 Å². The maximum Gasteiger partial charge on any atom is -0.00204 e. The SMILES string of the molecule is CCC1(CN)C[C@H](C)[C@@H](C)C1. The van der Waals surface area contributed by atoms with Gasteiger partial charge in [0.15, 0.2) is 0 Å². The summed E-state index contributed by atoms with van der Waals surface area (Å²) in [4.78, 5) is 0. The van der Waals surface area contributed by atoms with Gasteiger partial charge in [0.05, 0.1) is 0 Å². The van der Waals surface area contributed by atoms with Crippen LogP contribution < -0.4 is 5.73 Å². The summed E-state index contributed by atoms with van der Waals surface area (Å²) in [7, 11) is 0. The minimum atomic E-state index is 0.499. The van der Waals surface area contributed by atoms with Crippen LogP contribution in [0.4, 0.5) is 0 Å². The van der Waals surface area contributed by atoms with Gasteiger partial charge in [0.2, 0.25) is 0 Å². The molecule has 0 radical (unpaired) electrons. The zero-order valence-electron chi connectivity index (χ0n) is 8.06. The van der Waals surface area contributed by atoms with Crippen LogP contribution in [0.1, 0.15) is 40.0 Å². The topological polar surface area (TPSA) is 26.0 Å². The van der Waals surface area contributed by atoms with E-state index in [0.717, 1.165) is 18.4 Å². The lowest BCUT2D eigenvalue weighted by atomic mass is 9.82. The van der Waals surface area contributed by atoms with Crippen LogP contribution in [0.3, 0.4) is 0 Å². The van der Waals surface area contributed by atoms with Crippen LogP contribution in [-0.4, -0.2) is 6.54 Å². The zero-order chi connectivity index (χ0) is 8.48. The van der Waals surface area contributed by atoms with Crippen molar-refractivity contribution in [3.05, 3.63) is 0 Å². The number of hydrogen-bond acceptors (Lipinski definition) is 1. The molecule has 0 aromatic heterocycles. The summed E-state index contributed by atoms with van der Waals surface area (Å²) in [6.45, 7) is 7.88. The Labute approximate surface area is 70.4 Å². The average Bonchev–Trinajstić information content (AvgIpc) is 2.29. The van der Waals surface area contributed by atoms with Crippen molar-refractivity contribution in [1.29, 1.82) is 0 Å². The van der Waals surface area contributed by atoms with Gasteiger partial charge in [-0.05, 0) is 43.1 Å². The molecule has 1 heteroatoms. The highest BCUT2D eigenvalue weighted by Gasteiger charge is 2.38. The first-order chi connectivity index (χ1) is 5.13. The van der Waals surface area contributed by atoms with Crippen molar-refractivity contribution < 1.29 is 0 Å². The minimum absolute atomic E-state index is 0.499. The second-order valence-electron chi connectivity index (χ2n) is 4.42. The second-order valence-corrected chi connectivity index (χ2v) is 4.42. The molecule has 0 amide bonds. The fraction of sp³-hybridized carbons (Fsp3) is 1.00. The zero-order valence-corrected chi connectivity index (χ0v) is 8.06. The summed E-state index contributed by atoms with van der Waals surface area (Å²) in [6.07, 6.45) is 3.96. The lowest BCUT2D eigenvalue weighted by Crippen LogP contribution is -2.26. The van der Waals surface area contributed by atoms with Crippen molar-refractivity contribution in [2.24, 2.45) is 23.0 Å². The van der Waals surface area contributed by atoms with Gasteiger partial charge in [-0.25, -0.2) is 0 Å². The molecule has 0 unspecified atom stereocenters. The molecule has 11 heavy (non-hydrogen) atoms. The first kappa shape index (κ1) is 9.05. The van der Waals surface area contributed by atoms with Gasteiger partial charge in [-0.15, -0.1) is 0 Å². The lowest BCUT2D eigenvalue weighted by molar-refractivity contribution is 0.282. The van der Waals surface area contributed by atoms with Gasteiger partial charge in [0, 0.05) is 0 Å². The van der Waals surface area contributed by atoms with E-state index in [0.29, 0.717) is 5.41 Å². The van der Waals surface area contributed by atoms with Gasteiger partial charge < -0.3 is 5.73 Å². The largest absolute Gasteiger partial charge is 0.330 e. The van der Waals surface area contributed by atoms with Crippen LogP contribution in [0.2, 0.25) is 0 Å². The summed E-state index contributed by atoms with van der Waals surface area (Å²) in [6, 6.07) is 0. The lowest BCUT2D eigenvalue weighted by Gasteiger charge is -2.25. The Bertz CT molecular complexity index is 115. The minimum Gasteiger partial charge on any atom is -0.330 e. The van der Waals surface area contributed by atoms with E-state index in [1.54, 1.807) is 0 Å². The predicted molar refractivity (Wildman–Crippen MR) is 49.3 cm³/mol. The molecule has 1 saturated carbocycles. The summed E-state index contributed by atoms with van der Waals surface area (Å²) >= 11 is 0. The van der Waals surface area contributed by atoms with Crippen molar-refractivity contribution in [2.45, 2.75) is 40.0 Å². The first-order valence-electron chi connectivity index (χ1n) is 4.83. The predicted octanol–water partition coefficient (Wildman–Crippen LogP) is 2.41. The normalized spacial score (nSPS) is 36.0. The van der Waals surface area contributed by atoms with E-state index in [1.165, 1.54) is 19.3 Å². The van der Waals surface area contributed by atoms with Crippen LogP contribution in [0.15, 0.2) is 0 Å². The van der Waals surface area contributed by atoms with Crippen molar-refractivity contribution >= 4 is 0 Å². The molecule has 2 N–H and O–H groups in total. The Morgan fingerprint density at radius 2 is 1.73 bits per heavy atom. The van der Waals surface area contributed by atoms with Crippen molar-refractivity contribution in [3.8, 4) is 0 Å². The van der Waals surface area contributed by atoms with Gasteiger partial charge in [-0.3, -0.25) is 0 Å². The quantitative estimate of drug-likeness (QED) is 0.651. The number of nitrogens with two attached hydrogens (primary N) is 1. The van der Waals surface area contributed by atoms with Gasteiger partial charge in [-0.1, -0.05) is 20.8 Å². The molecule has 0 aliphatic heterocycles. The molecule has 1 fully saturated rings. The number of hydrogen-bond donors (Lipinski definition) is 1. The molecule has 0 saturated heterocycles. The summed E-state index contributed by atoms with van der Waals surface area (Å²) in [5.41, 5.74) is 6.30. The van der Waals surface area contributed by atoms with E-state index in [-0.39, 0.29) is 0 Å². The number of rotatable bonds is 2. The fourth-order valence-electron chi connectivity index (χ4n) is 2.45. The molecule has 0 heterocycles. The van der Waals surface area contributed by atoms with E-state index < -0.39 is 0 Å². The maximum absolute atomic E-state index is 5.80. The summed E-state index contributed by atoms with van der Waals surface area (Å²) in [5, 5.41) is 0. The molecule has 1 aliphatic carbocycles. The van der Waals surface area contributed by atoms with E-state index >= 15 is 0 Å². The van der Waals surface area contributed by atoms with Crippen LogP contribution in [0.25, 0.3) is 0 Å². The summed E-state index contributed by atoms with van der Waals surface area (Å²) in [5.74, 6) is 1.77. The maximum atomic E-state index is 5.80. The molecule has 1 aliphatic rings. The monoisotopic (exact) mass is 155 g/mol. The first-order valence-corrected chi connectivity index (χ1v) is 4.83. The van der Waals surface area contributed by atoms with Crippen molar-refractivity contribution in [2.75, 3.05) is 6.54 Å². The Morgan fingerprint density at radius 1 is 1.27 bits per heavy atom. The third-order valence-electron chi connectivity index (χ3n) is 3.66. The summed E-state index contributed by atoms with van der Waals surface area (Å²) < 4.78 is 0. The highest BCUT2D eigenvalue weighted by molar-refractivity contribution is 4.90. The smallest absolute Gasteiger partial charge is 0.00204 e. The van der Waals surface area contributed by atoms with E-state index in [9.17, 15) is 0 Å². The van der Waals surface area contributed by atoms with Crippen LogP contribution in [0.5, 0.6) is 0 Å². The van der Waals surface area contributed by atoms with E-state index in [2.05, 4.69) is 20.8 Å². The molecule has 0 aromatic rings. The molecular formula is C10H21N. The van der Waals surface area contributed by atoms with Crippen LogP contribution >= 0.6 is 0 Å². The molecular weight excluding hydrogens is 134 g/mol. The van der Waals surface area contributed by atoms with Crippen molar-refractivity contribution in [1.82, 2.24) is 0 Å². The van der Waals surface area contributed by atoms with Crippen LogP contribution in [-0.2, 0) is 0 Å². The van der Waals surface area contributed by atoms with E-state index in [4.69, 9.17) is 5.73 Å². The van der Waals surface area contributed by atoms with Gasteiger partial charge in [-0.2, -0.15) is 0 Å². The highest BCUT2D eigenvalue weighted by Crippen LogP contribution is 2.46. The molecule has 0 aromatic carbocycles. The molecule has 0 spiro atoms. The fourth-order valence-corrected chi connectivity index (χ4v) is 2.45. The molecule has 66 valence electrons. The molecule has 1 nitrogen and oxygen atoms in total. The molecule has 0 bridgehead atoms. The third kappa shape index (κ3) is 1.58. The molecule has 1 rings (SSSR count). The average molecular weight is 155 g/mol. The third-order valence-corrected chi connectivity index (χ3v) is 3.66. The van der Waals surface area contributed by atoms with Gasteiger partial charge in [0.1, 0.15) is 0 Å². The Hall–Kier alpha value is -0.0400. The second kappa shape index (κ2) is 3.14. The van der Waals surface area contributed by atoms with E-state index in [1.807, 2.05) is 0 Å². The standard InChI is InChI=1S/C10H21N/c1-4-10(7-11)5-8(2)9(3)6-10/h8-9H,4-7,11H2,1-3H3/t8-,9-/m0/s1. The van der Waals surface area contributed by atoms with Crippen molar-refractivity contribution in [3.63, 3.8) is 0 Å². The highest BCUT2D eigenvalue weighted by atomic mass is 14.6. The molecule has 2 atom stereocenters. The Kier molecular flexibility index (Phi) is 2.58. The van der Waals surface area contributed by atoms with Gasteiger partial charge in [0.25, 0.3) is 0 Å².